The Labute approximate surface area is 76.8 Å². The van der Waals surface area contributed by atoms with Crippen LogP contribution in [0.15, 0.2) is 18.5 Å². The van der Waals surface area contributed by atoms with Gasteiger partial charge in [-0.05, 0) is 18.6 Å². The highest BCUT2D eigenvalue weighted by atomic mass is 19.1. The van der Waals surface area contributed by atoms with Crippen LogP contribution in [0.25, 0.3) is 11.0 Å². The molecule has 0 aliphatic carbocycles. The maximum atomic E-state index is 12.6. The average Bonchev–Trinajstić information content (AvgIpc) is 2.52. The van der Waals surface area contributed by atoms with Gasteiger partial charge in [0.25, 0.3) is 0 Å². The zero-order valence-electron chi connectivity index (χ0n) is 8.06. The summed E-state index contributed by atoms with van der Waals surface area (Å²) in [5.41, 5.74) is 1.76. The monoisotopic (exact) mass is 180 g/mol. The van der Waals surface area contributed by atoms with E-state index in [9.17, 15) is 4.39 Å². The number of aromatic nitrogens is 2. The standard InChI is InChI=1S/C8H7FN2.C2H6/c1-5-3-10-8-7(5)2-6(9)4-11-8;1-2/h2-4H,1H3,(H,10,11);1-2H3. The van der Waals surface area contributed by atoms with E-state index in [1.54, 1.807) is 0 Å². The fourth-order valence-electron chi connectivity index (χ4n) is 1.11. The van der Waals surface area contributed by atoms with E-state index in [4.69, 9.17) is 0 Å². The molecule has 2 heterocycles. The fourth-order valence-corrected chi connectivity index (χ4v) is 1.11. The van der Waals surface area contributed by atoms with Crippen LogP contribution in [0.5, 0.6) is 0 Å². The molecule has 0 spiro atoms. The summed E-state index contributed by atoms with van der Waals surface area (Å²) in [6.07, 6.45) is 3.02. The smallest absolute Gasteiger partial charge is 0.142 e. The molecule has 2 aromatic heterocycles. The van der Waals surface area contributed by atoms with Crippen LogP contribution in [-0.2, 0) is 0 Å². The van der Waals surface area contributed by atoms with Crippen molar-refractivity contribution in [1.82, 2.24) is 9.97 Å². The van der Waals surface area contributed by atoms with Gasteiger partial charge < -0.3 is 4.98 Å². The highest BCUT2D eigenvalue weighted by Gasteiger charge is 2.00. The normalized spacial score (nSPS) is 9.54. The number of H-pyrrole nitrogens is 1. The minimum absolute atomic E-state index is 0.291. The molecule has 0 aliphatic heterocycles. The van der Waals surface area contributed by atoms with E-state index in [1.165, 1.54) is 12.3 Å². The first-order valence-corrected chi connectivity index (χ1v) is 4.36. The number of halogens is 1. The van der Waals surface area contributed by atoms with Gasteiger partial charge in [-0.25, -0.2) is 9.37 Å². The topological polar surface area (TPSA) is 28.7 Å². The molecule has 2 aromatic rings. The largest absolute Gasteiger partial charge is 0.346 e. The predicted molar refractivity (Wildman–Crippen MR) is 52.1 cm³/mol. The molecule has 0 amide bonds. The second-order valence-corrected chi connectivity index (χ2v) is 2.52. The van der Waals surface area contributed by atoms with Crippen molar-refractivity contribution in [3.63, 3.8) is 0 Å². The first-order valence-electron chi connectivity index (χ1n) is 4.36. The molecule has 0 saturated heterocycles. The quantitative estimate of drug-likeness (QED) is 0.663. The number of pyridine rings is 1. The Morgan fingerprint density at radius 2 is 2.08 bits per heavy atom. The van der Waals surface area contributed by atoms with Gasteiger partial charge in [0.15, 0.2) is 0 Å². The first-order chi connectivity index (χ1) is 6.27. The van der Waals surface area contributed by atoms with Crippen molar-refractivity contribution in [2.24, 2.45) is 0 Å². The summed E-state index contributed by atoms with van der Waals surface area (Å²) < 4.78 is 12.6. The Kier molecular flexibility index (Phi) is 3.01. The zero-order chi connectivity index (χ0) is 9.84. The van der Waals surface area contributed by atoms with Crippen molar-refractivity contribution >= 4 is 11.0 Å². The molecule has 13 heavy (non-hydrogen) atoms. The van der Waals surface area contributed by atoms with E-state index in [2.05, 4.69) is 9.97 Å². The van der Waals surface area contributed by atoms with E-state index in [0.717, 1.165) is 16.6 Å². The molecule has 3 heteroatoms. The molecule has 0 aliphatic rings. The summed E-state index contributed by atoms with van der Waals surface area (Å²) in [5.74, 6) is -0.291. The highest BCUT2D eigenvalue weighted by molar-refractivity contribution is 5.79. The summed E-state index contributed by atoms with van der Waals surface area (Å²) >= 11 is 0. The summed E-state index contributed by atoms with van der Waals surface area (Å²) in [6, 6.07) is 1.48. The molecule has 2 nitrogen and oxygen atoms in total. The first kappa shape index (κ1) is 9.71. The second kappa shape index (κ2) is 4.03. The van der Waals surface area contributed by atoms with Crippen molar-refractivity contribution in [2.45, 2.75) is 20.8 Å². The van der Waals surface area contributed by atoms with E-state index in [1.807, 2.05) is 27.0 Å². The van der Waals surface area contributed by atoms with Crippen LogP contribution in [0, 0.1) is 12.7 Å². The molecule has 0 saturated carbocycles. The third kappa shape index (κ3) is 1.86. The van der Waals surface area contributed by atoms with Crippen LogP contribution < -0.4 is 0 Å². The second-order valence-electron chi connectivity index (χ2n) is 2.52. The van der Waals surface area contributed by atoms with Crippen molar-refractivity contribution in [2.75, 3.05) is 0 Å². The van der Waals surface area contributed by atoms with E-state index < -0.39 is 0 Å². The molecular formula is C10H13FN2. The third-order valence-corrected chi connectivity index (χ3v) is 1.70. The third-order valence-electron chi connectivity index (χ3n) is 1.70. The van der Waals surface area contributed by atoms with Gasteiger partial charge in [-0.15, -0.1) is 0 Å². The Hall–Kier alpha value is -1.38. The van der Waals surface area contributed by atoms with Gasteiger partial charge in [0.2, 0.25) is 0 Å². The van der Waals surface area contributed by atoms with E-state index in [-0.39, 0.29) is 5.82 Å². The number of nitrogens with one attached hydrogen (secondary N) is 1. The molecule has 2 rings (SSSR count). The number of fused-ring (bicyclic) bond motifs is 1. The number of hydrogen-bond donors (Lipinski definition) is 1. The van der Waals surface area contributed by atoms with Crippen LogP contribution in [0.3, 0.4) is 0 Å². The van der Waals surface area contributed by atoms with Gasteiger partial charge in [-0.3, -0.25) is 0 Å². The molecule has 0 aromatic carbocycles. The maximum absolute atomic E-state index is 12.6. The Morgan fingerprint density at radius 1 is 1.38 bits per heavy atom. The molecule has 1 N–H and O–H groups in total. The van der Waals surface area contributed by atoms with Crippen LogP contribution in [-0.4, -0.2) is 9.97 Å². The van der Waals surface area contributed by atoms with Crippen LogP contribution >= 0.6 is 0 Å². The van der Waals surface area contributed by atoms with Crippen LogP contribution in [0.1, 0.15) is 19.4 Å². The minimum atomic E-state index is -0.291. The number of rotatable bonds is 0. The molecule has 70 valence electrons. The SMILES string of the molecule is CC.Cc1c[nH]c2ncc(F)cc12. The van der Waals surface area contributed by atoms with Crippen molar-refractivity contribution in [3.05, 3.63) is 29.8 Å². The van der Waals surface area contributed by atoms with Gasteiger partial charge in [0, 0.05) is 11.6 Å². The Morgan fingerprint density at radius 3 is 2.77 bits per heavy atom. The number of nitrogens with zero attached hydrogens (tertiary/aromatic N) is 1. The molecule has 0 radical (unpaired) electrons. The van der Waals surface area contributed by atoms with Gasteiger partial charge in [-0.1, -0.05) is 13.8 Å². The van der Waals surface area contributed by atoms with E-state index >= 15 is 0 Å². The van der Waals surface area contributed by atoms with Crippen LogP contribution in [0.2, 0.25) is 0 Å². The lowest BCUT2D eigenvalue weighted by atomic mass is 10.2. The molecule has 0 bridgehead atoms. The molecule has 0 fully saturated rings. The lowest BCUT2D eigenvalue weighted by molar-refractivity contribution is 0.624. The van der Waals surface area contributed by atoms with Gasteiger partial charge in [0.1, 0.15) is 11.5 Å². The average molecular weight is 180 g/mol. The zero-order valence-corrected chi connectivity index (χ0v) is 8.06. The lowest BCUT2D eigenvalue weighted by Gasteiger charge is -1.89. The number of hydrogen-bond acceptors (Lipinski definition) is 1. The van der Waals surface area contributed by atoms with Gasteiger partial charge in [-0.2, -0.15) is 0 Å². The van der Waals surface area contributed by atoms with Gasteiger partial charge >= 0.3 is 0 Å². The van der Waals surface area contributed by atoms with E-state index in [0.29, 0.717) is 0 Å². The summed E-state index contributed by atoms with van der Waals surface area (Å²) in [5, 5.41) is 0.852. The molecular weight excluding hydrogens is 167 g/mol. The Balaban J connectivity index is 0.000000396. The predicted octanol–water partition coefficient (Wildman–Crippen LogP) is 3.04. The number of aromatic amines is 1. The van der Waals surface area contributed by atoms with Crippen molar-refractivity contribution in [3.8, 4) is 0 Å². The van der Waals surface area contributed by atoms with Crippen molar-refractivity contribution < 1.29 is 4.39 Å². The van der Waals surface area contributed by atoms with Crippen LogP contribution in [0.4, 0.5) is 4.39 Å². The Bertz CT molecular complexity index is 393. The molecule has 0 atom stereocenters. The maximum Gasteiger partial charge on any atom is 0.142 e. The lowest BCUT2D eigenvalue weighted by Crippen LogP contribution is -1.78. The number of aryl methyl sites for hydroxylation is 1. The summed E-state index contributed by atoms with van der Waals surface area (Å²) in [7, 11) is 0. The summed E-state index contributed by atoms with van der Waals surface area (Å²) in [4.78, 5) is 6.81. The highest BCUT2D eigenvalue weighted by Crippen LogP contribution is 2.15. The van der Waals surface area contributed by atoms with Gasteiger partial charge in [0.05, 0.1) is 6.20 Å². The van der Waals surface area contributed by atoms with Crippen molar-refractivity contribution in [1.29, 1.82) is 0 Å². The minimum Gasteiger partial charge on any atom is -0.346 e. The summed E-state index contributed by atoms with van der Waals surface area (Å²) in [6.45, 7) is 5.92. The fraction of sp³-hybridized carbons (Fsp3) is 0.300. The molecule has 0 unspecified atom stereocenters.